The highest BCUT2D eigenvalue weighted by molar-refractivity contribution is 6.33. The van der Waals surface area contributed by atoms with Crippen LogP contribution >= 0.6 is 11.6 Å². The highest BCUT2D eigenvalue weighted by Crippen LogP contribution is 2.30. The zero-order valence-electron chi connectivity index (χ0n) is 12.2. The van der Waals surface area contributed by atoms with Gasteiger partial charge in [0.1, 0.15) is 5.69 Å². The Balaban J connectivity index is 0.000000224. The summed E-state index contributed by atoms with van der Waals surface area (Å²) >= 11 is 6.14. The average molecular weight is 346 g/mol. The first-order chi connectivity index (χ1) is 11.5. The molecule has 0 saturated carbocycles. The van der Waals surface area contributed by atoms with Gasteiger partial charge in [-0.2, -0.15) is 5.10 Å². The summed E-state index contributed by atoms with van der Waals surface area (Å²) in [6.07, 6.45) is 4.64. The van der Waals surface area contributed by atoms with E-state index in [1.165, 1.54) is 0 Å². The lowest BCUT2D eigenvalue weighted by molar-refractivity contribution is -0.134. The predicted octanol–water partition coefficient (Wildman–Crippen LogP) is 2.99. The second-order valence-electron chi connectivity index (χ2n) is 4.48. The van der Waals surface area contributed by atoms with Crippen LogP contribution in [0.5, 0.6) is 0 Å². The molecule has 0 aliphatic carbocycles. The van der Waals surface area contributed by atoms with Gasteiger partial charge >= 0.3 is 11.9 Å². The SMILES string of the molecule is Clc1ccccc1-c1n[nH]c2ccncc12.O=C(O)/C=C\C(=O)O. The Bertz CT molecular complexity index is 889. The monoisotopic (exact) mass is 345 g/mol. The number of rotatable bonds is 3. The van der Waals surface area contributed by atoms with E-state index < -0.39 is 11.9 Å². The third-order valence-corrected chi connectivity index (χ3v) is 3.19. The molecule has 7 nitrogen and oxygen atoms in total. The molecule has 0 saturated heterocycles. The molecule has 0 amide bonds. The van der Waals surface area contributed by atoms with Gasteiger partial charge < -0.3 is 10.2 Å². The van der Waals surface area contributed by atoms with Gasteiger partial charge in [0.15, 0.2) is 0 Å². The molecule has 0 atom stereocenters. The molecule has 122 valence electrons. The van der Waals surface area contributed by atoms with Gasteiger partial charge in [-0.3, -0.25) is 10.1 Å². The predicted molar refractivity (Wildman–Crippen MR) is 88.7 cm³/mol. The summed E-state index contributed by atoms with van der Waals surface area (Å²) in [5, 5.41) is 24.5. The van der Waals surface area contributed by atoms with Gasteiger partial charge in [0, 0.05) is 35.5 Å². The van der Waals surface area contributed by atoms with E-state index in [0.717, 1.165) is 22.2 Å². The molecular weight excluding hydrogens is 334 g/mol. The minimum atomic E-state index is -1.26. The summed E-state index contributed by atoms with van der Waals surface area (Å²) in [7, 11) is 0. The van der Waals surface area contributed by atoms with E-state index in [9.17, 15) is 9.59 Å². The maximum Gasteiger partial charge on any atom is 0.328 e. The lowest BCUT2D eigenvalue weighted by Crippen LogP contribution is -1.91. The van der Waals surface area contributed by atoms with Crippen LogP contribution in [-0.2, 0) is 9.59 Å². The molecule has 0 aliphatic rings. The Morgan fingerprint density at radius 3 is 2.38 bits per heavy atom. The first-order valence-electron chi connectivity index (χ1n) is 6.66. The lowest BCUT2D eigenvalue weighted by Gasteiger charge is -1.99. The molecule has 24 heavy (non-hydrogen) atoms. The number of aromatic nitrogens is 3. The van der Waals surface area contributed by atoms with Crippen LogP contribution in [0.15, 0.2) is 54.9 Å². The molecule has 3 rings (SSSR count). The first kappa shape index (κ1) is 17.2. The molecule has 0 radical (unpaired) electrons. The van der Waals surface area contributed by atoms with Crippen molar-refractivity contribution in [3.05, 3.63) is 59.9 Å². The molecule has 1 aromatic carbocycles. The number of hydrogen-bond acceptors (Lipinski definition) is 4. The molecule has 0 bridgehead atoms. The zero-order valence-corrected chi connectivity index (χ0v) is 12.9. The largest absolute Gasteiger partial charge is 0.478 e. The van der Waals surface area contributed by atoms with Gasteiger partial charge in [-0.05, 0) is 12.1 Å². The Labute approximate surface area is 141 Å². The fraction of sp³-hybridized carbons (Fsp3) is 0. The van der Waals surface area contributed by atoms with Crippen LogP contribution in [0.2, 0.25) is 5.02 Å². The molecule has 0 aliphatic heterocycles. The number of nitrogens with zero attached hydrogens (tertiary/aromatic N) is 2. The van der Waals surface area contributed by atoms with Crippen molar-refractivity contribution in [1.29, 1.82) is 0 Å². The summed E-state index contributed by atoms with van der Waals surface area (Å²) in [4.78, 5) is 23.2. The van der Waals surface area contributed by atoms with E-state index in [1.54, 1.807) is 12.4 Å². The number of hydrogen-bond donors (Lipinski definition) is 3. The maximum atomic E-state index is 9.55. The van der Waals surface area contributed by atoms with Gasteiger partial charge in [0.2, 0.25) is 0 Å². The van der Waals surface area contributed by atoms with Crippen molar-refractivity contribution in [2.24, 2.45) is 0 Å². The van der Waals surface area contributed by atoms with E-state index in [-0.39, 0.29) is 0 Å². The fourth-order valence-electron chi connectivity index (χ4n) is 1.86. The number of carboxylic acid groups (broad SMARTS) is 2. The lowest BCUT2D eigenvalue weighted by atomic mass is 10.1. The Morgan fingerprint density at radius 2 is 1.75 bits per heavy atom. The van der Waals surface area contributed by atoms with Crippen LogP contribution < -0.4 is 0 Å². The number of carbonyl (C=O) groups is 2. The fourth-order valence-corrected chi connectivity index (χ4v) is 2.08. The molecular formula is C16H12ClN3O4. The van der Waals surface area contributed by atoms with Gasteiger partial charge in [0.25, 0.3) is 0 Å². The number of aromatic amines is 1. The van der Waals surface area contributed by atoms with Crippen molar-refractivity contribution >= 4 is 34.4 Å². The number of halogens is 1. The van der Waals surface area contributed by atoms with Crippen LogP contribution in [0.25, 0.3) is 22.2 Å². The summed E-state index contributed by atoms with van der Waals surface area (Å²) in [5.41, 5.74) is 2.72. The number of aliphatic carboxylic acids is 2. The maximum absolute atomic E-state index is 9.55. The zero-order chi connectivity index (χ0) is 17.5. The molecule has 2 aromatic heterocycles. The minimum Gasteiger partial charge on any atom is -0.478 e. The van der Waals surface area contributed by atoms with E-state index in [1.807, 2.05) is 30.3 Å². The standard InChI is InChI=1S/C12H8ClN3.C4H4O4/c13-10-4-2-1-3-8(10)12-9-7-14-6-5-11(9)15-16-12;5-3(6)1-2-4(7)8/h1-7H,(H,15,16);1-2H,(H,5,6)(H,7,8)/b;2-1-. The summed E-state index contributed by atoms with van der Waals surface area (Å²) in [6.45, 7) is 0. The number of fused-ring (bicyclic) bond motifs is 1. The molecule has 0 fully saturated rings. The van der Waals surface area contributed by atoms with Gasteiger partial charge in [-0.25, -0.2) is 9.59 Å². The Kier molecular flexibility index (Phi) is 5.64. The molecule has 0 spiro atoms. The van der Waals surface area contributed by atoms with Crippen molar-refractivity contribution in [2.45, 2.75) is 0 Å². The number of H-pyrrole nitrogens is 1. The van der Waals surface area contributed by atoms with E-state index in [4.69, 9.17) is 21.8 Å². The van der Waals surface area contributed by atoms with Crippen LogP contribution in [0.4, 0.5) is 0 Å². The smallest absolute Gasteiger partial charge is 0.328 e. The third kappa shape index (κ3) is 4.40. The van der Waals surface area contributed by atoms with Gasteiger partial charge in [-0.15, -0.1) is 0 Å². The van der Waals surface area contributed by atoms with Crippen molar-refractivity contribution in [1.82, 2.24) is 15.2 Å². The number of carboxylic acids is 2. The summed E-state index contributed by atoms with van der Waals surface area (Å²) in [6, 6.07) is 9.54. The second-order valence-corrected chi connectivity index (χ2v) is 4.89. The second kappa shape index (κ2) is 7.89. The number of benzene rings is 1. The quantitative estimate of drug-likeness (QED) is 0.628. The summed E-state index contributed by atoms with van der Waals surface area (Å²) in [5.74, 6) is -2.51. The van der Waals surface area contributed by atoms with E-state index in [2.05, 4.69) is 15.2 Å². The van der Waals surface area contributed by atoms with Gasteiger partial charge in [-0.1, -0.05) is 29.8 Å². The van der Waals surface area contributed by atoms with E-state index in [0.29, 0.717) is 17.2 Å². The number of pyridine rings is 1. The normalized spacial score (nSPS) is 10.4. The molecule has 2 heterocycles. The summed E-state index contributed by atoms with van der Waals surface area (Å²) < 4.78 is 0. The van der Waals surface area contributed by atoms with Crippen LogP contribution in [0, 0.1) is 0 Å². The first-order valence-corrected chi connectivity index (χ1v) is 7.03. The molecule has 3 aromatic rings. The number of nitrogens with one attached hydrogen (secondary N) is 1. The highest BCUT2D eigenvalue weighted by atomic mass is 35.5. The topological polar surface area (TPSA) is 116 Å². The third-order valence-electron chi connectivity index (χ3n) is 2.86. The molecule has 0 unspecified atom stereocenters. The van der Waals surface area contributed by atoms with Crippen molar-refractivity contribution in [2.75, 3.05) is 0 Å². The highest BCUT2D eigenvalue weighted by Gasteiger charge is 2.10. The average Bonchev–Trinajstić information content (AvgIpc) is 2.98. The molecule has 3 N–H and O–H groups in total. The van der Waals surface area contributed by atoms with Gasteiger partial charge in [0.05, 0.1) is 10.5 Å². The molecule has 8 heteroatoms. The Morgan fingerprint density at radius 1 is 1.08 bits per heavy atom. The van der Waals surface area contributed by atoms with E-state index >= 15 is 0 Å². The van der Waals surface area contributed by atoms with Crippen LogP contribution in [0.3, 0.4) is 0 Å². The van der Waals surface area contributed by atoms with Crippen LogP contribution in [0.1, 0.15) is 0 Å². The minimum absolute atomic E-state index is 0.558. The Hall–Kier alpha value is -3.19. The van der Waals surface area contributed by atoms with Crippen molar-refractivity contribution < 1.29 is 19.8 Å². The van der Waals surface area contributed by atoms with Crippen LogP contribution in [-0.4, -0.2) is 37.3 Å². The van der Waals surface area contributed by atoms with Crippen molar-refractivity contribution in [3.8, 4) is 11.3 Å². The van der Waals surface area contributed by atoms with Crippen molar-refractivity contribution in [3.63, 3.8) is 0 Å².